The van der Waals surface area contributed by atoms with Crippen LogP contribution in [0.4, 0.5) is 5.82 Å². The summed E-state index contributed by atoms with van der Waals surface area (Å²) in [4.78, 5) is 12.2. The number of rotatable bonds is 4. The van der Waals surface area contributed by atoms with Crippen molar-refractivity contribution in [3.8, 4) is 11.1 Å². The molecular formula is C20H24N4O2S2. The van der Waals surface area contributed by atoms with Crippen LogP contribution in [0.25, 0.3) is 21.3 Å². The minimum atomic E-state index is -3.23. The van der Waals surface area contributed by atoms with E-state index in [1.807, 2.05) is 0 Å². The zero-order valence-corrected chi connectivity index (χ0v) is 17.9. The van der Waals surface area contributed by atoms with Gasteiger partial charge in [0.05, 0.1) is 11.6 Å². The summed E-state index contributed by atoms with van der Waals surface area (Å²) in [5.74, 6) is 0.888. The molecule has 8 heteroatoms. The zero-order chi connectivity index (χ0) is 19.9. The molecule has 0 spiro atoms. The molecule has 28 heavy (non-hydrogen) atoms. The van der Waals surface area contributed by atoms with Crippen LogP contribution in [0.5, 0.6) is 0 Å². The highest BCUT2D eigenvalue weighted by Crippen LogP contribution is 2.39. The molecule has 1 fully saturated rings. The molecule has 3 heterocycles. The standard InChI is InChI=1S/C20H24N4O2S2/c1-13-6-7-15(9-14(13)2)17-11-27-20-18(17)19(21-12-22-20)24-8-4-5-16(10-24)23-28(3,25)26/h6-7,9,11-12,16,23H,4-5,8,10H2,1-3H3. The quantitative estimate of drug-likeness (QED) is 0.705. The molecule has 1 atom stereocenters. The molecule has 1 aromatic carbocycles. The molecule has 1 aliphatic heterocycles. The van der Waals surface area contributed by atoms with Gasteiger partial charge >= 0.3 is 0 Å². The van der Waals surface area contributed by atoms with E-state index in [0.717, 1.165) is 46.5 Å². The molecule has 1 unspecified atom stereocenters. The zero-order valence-electron chi connectivity index (χ0n) is 16.3. The summed E-state index contributed by atoms with van der Waals surface area (Å²) in [6.45, 7) is 5.70. The highest BCUT2D eigenvalue weighted by Gasteiger charge is 2.26. The van der Waals surface area contributed by atoms with Crippen LogP contribution in [0.2, 0.25) is 0 Å². The molecular weight excluding hydrogens is 392 g/mol. The first-order valence-corrected chi connectivity index (χ1v) is 12.1. The number of aryl methyl sites for hydroxylation is 2. The van der Waals surface area contributed by atoms with E-state index in [-0.39, 0.29) is 6.04 Å². The van der Waals surface area contributed by atoms with Gasteiger partial charge in [0, 0.05) is 30.1 Å². The number of thiophene rings is 1. The van der Waals surface area contributed by atoms with Crippen LogP contribution in [0.15, 0.2) is 29.9 Å². The lowest BCUT2D eigenvalue weighted by Gasteiger charge is -2.34. The Kier molecular flexibility index (Phi) is 5.11. The van der Waals surface area contributed by atoms with Crippen LogP contribution < -0.4 is 9.62 Å². The average Bonchev–Trinajstić information content (AvgIpc) is 3.07. The van der Waals surface area contributed by atoms with Crippen LogP contribution >= 0.6 is 11.3 Å². The van der Waals surface area contributed by atoms with E-state index >= 15 is 0 Å². The molecule has 2 aromatic heterocycles. The molecule has 0 amide bonds. The van der Waals surface area contributed by atoms with Crippen molar-refractivity contribution >= 4 is 37.4 Å². The Balaban J connectivity index is 1.75. The first-order valence-electron chi connectivity index (χ1n) is 9.34. The predicted molar refractivity (Wildman–Crippen MR) is 116 cm³/mol. The van der Waals surface area contributed by atoms with Crippen LogP contribution in [0.1, 0.15) is 24.0 Å². The van der Waals surface area contributed by atoms with Crippen molar-refractivity contribution < 1.29 is 8.42 Å². The van der Waals surface area contributed by atoms with Crippen molar-refractivity contribution in [2.45, 2.75) is 32.7 Å². The maximum Gasteiger partial charge on any atom is 0.209 e. The normalized spacial score (nSPS) is 18.0. The van der Waals surface area contributed by atoms with Gasteiger partial charge in [0.25, 0.3) is 0 Å². The monoisotopic (exact) mass is 416 g/mol. The third-order valence-corrected chi connectivity index (χ3v) is 6.92. The number of piperidine rings is 1. The minimum Gasteiger partial charge on any atom is -0.354 e. The van der Waals surface area contributed by atoms with E-state index in [0.29, 0.717) is 6.54 Å². The van der Waals surface area contributed by atoms with Crippen molar-refractivity contribution in [2.24, 2.45) is 0 Å². The van der Waals surface area contributed by atoms with Crippen molar-refractivity contribution in [2.75, 3.05) is 24.2 Å². The van der Waals surface area contributed by atoms with Gasteiger partial charge in [-0.3, -0.25) is 0 Å². The first-order chi connectivity index (χ1) is 13.3. The molecule has 6 nitrogen and oxygen atoms in total. The van der Waals surface area contributed by atoms with Gasteiger partial charge in [0.2, 0.25) is 10.0 Å². The fourth-order valence-electron chi connectivity index (χ4n) is 3.79. The number of benzene rings is 1. The lowest BCUT2D eigenvalue weighted by Crippen LogP contribution is -2.47. The summed E-state index contributed by atoms with van der Waals surface area (Å²) in [5.41, 5.74) is 4.82. The van der Waals surface area contributed by atoms with E-state index in [1.165, 1.54) is 17.4 Å². The van der Waals surface area contributed by atoms with Gasteiger partial charge in [-0.05, 0) is 43.4 Å². The second kappa shape index (κ2) is 7.42. The SMILES string of the molecule is Cc1ccc(-c2csc3ncnc(N4CCCC(NS(C)(=O)=O)C4)c23)cc1C. The molecule has 1 aliphatic rings. The second-order valence-electron chi connectivity index (χ2n) is 7.50. The molecule has 1 N–H and O–H groups in total. The lowest BCUT2D eigenvalue weighted by atomic mass is 10.00. The van der Waals surface area contributed by atoms with Crippen molar-refractivity contribution in [3.05, 3.63) is 41.0 Å². The molecule has 0 saturated carbocycles. The summed E-state index contributed by atoms with van der Waals surface area (Å²) >= 11 is 1.62. The maximum atomic E-state index is 11.7. The fourth-order valence-corrected chi connectivity index (χ4v) is 5.50. The first kappa shape index (κ1) is 19.3. The molecule has 0 radical (unpaired) electrons. The van der Waals surface area contributed by atoms with Gasteiger partial charge in [0.1, 0.15) is 17.0 Å². The number of hydrogen-bond donors (Lipinski definition) is 1. The van der Waals surface area contributed by atoms with Crippen molar-refractivity contribution in [3.63, 3.8) is 0 Å². The third-order valence-electron chi connectivity index (χ3n) is 5.27. The Bertz CT molecular complexity index is 1120. The van der Waals surface area contributed by atoms with Gasteiger partial charge in [-0.15, -0.1) is 11.3 Å². The summed E-state index contributed by atoms with van der Waals surface area (Å²) in [6.07, 6.45) is 4.57. The Morgan fingerprint density at radius 1 is 1.21 bits per heavy atom. The third kappa shape index (κ3) is 3.90. The largest absolute Gasteiger partial charge is 0.354 e. The number of fused-ring (bicyclic) bond motifs is 1. The number of hydrogen-bond acceptors (Lipinski definition) is 6. The predicted octanol–water partition coefficient (Wildman–Crippen LogP) is 3.49. The molecule has 0 aliphatic carbocycles. The van der Waals surface area contributed by atoms with Crippen LogP contribution in [-0.4, -0.2) is 43.8 Å². The minimum absolute atomic E-state index is 0.0996. The van der Waals surface area contributed by atoms with Crippen molar-refractivity contribution in [1.29, 1.82) is 0 Å². The van der Waals surface area contributed by atoms with E-state index in [9.17, 15) is 8.42 Å². The molecule has 0 bridgehead atoms. The number of aromatic nitrogens is 2. The van der Waals surface area contributed by atoms with Gasteiger partial charge in [0.15, 0.2) is 0 Å². The summed E-state index contributed by atoms with van der Waals surface area (Å²) in [7, 11) is -3.23. The smallest absolute Gasteiger partial charge is 0.209 e. The lowest BCUT2D eigenvalue weighted by molar-refractivity contribution is 0.466. The molecule has 3 aromatic rings. The topological polar surface area (TPSA) is 75.2 Å². The van der Waals surface area contributed by atoms with E-state index in [2.05, 4.69) is 57.0 Å². The Morgan fingerprint density at radius 2 is 2.04 bits per heavy atom. The molecule has 148 valence electrons. The van der Waals surface area contributed by atoms with Crippen LogP contribution in [-0.2, 0) is 10.0 Å². The van der Waals surface area contributed by atoms with Gasteiger partial charge < -0.3 is 4.90 Å². The number of nitrogens with one attached hydrogen (secondary N) is 1. The van der Waals surface area contributed by atoms with E-state index < -0.39 is 10.0 Å². The van der Waals surface area contributed by atoms with E-state index in [1.54, 1.807) is 17.7 Å². The van der Waals surface area contributed by atoms with Gasteiger partial charge in [-0.1, -0.05) is 18.2 Å². The van der Waals surface area contributed by atoms with Crippen LogP contribution in [0.3, 0.4) is 0 Å². The fraction of sp³-hybridized carbons (Fsp3) is 0.400. The maximum absolute atomic E-state index is 11.7. The Hall–Kier alpha value is -2.03. The highest BCUT2D eigenvalue weighted by atomic mass is 32.2. The van der Waals surface area contributed by atoms with Crippen LogP contribution in [0, 0.1) is 13.8 Å². The average molecular weight is 417 g/mol. The Labute approximate surface area is 169 Å². The molecule has 1 saturated heterocycles. The van der Waals surface area contributed by atoms with Crippen molar-refractivity contribution in [1.82, 2.24) is 14.7 Å². The highest BCUT2D eigenvalue weighted by molar-refractivity contribution is 7.88. The number of sulfonamides is 1. The second-order valence-corrected chi connectivity index (χ2v) is 10.1. The summed E-state index contributed by atoms with van der Waals surface area (Å²) < 4.78 is 26.1. The van der Waals surface area contributed by atoms with Gasteiger partial charge in [-0.25, -0.2) is 23.1 Å². The number of nitrogens with zero attached hydrogens (tertiary/aromatic N) is 3. The summed E-state index contributed by atoms with van der Waals surface area (Å²) in [5, 5.41) is 3.19. The number of anilines is 1. The molecule has 4 rings (SSSR count). The van der Waals surface area contributed by atoms with Gasteiger partial charge in [-0.2, -0.15) is 0 Å². The summed E-state index contributed by atoms with van der Waals surface area (Å²) in [6, 6.07) is 6.39. The van der Waals surface area contributed by atoms with E-state index in [4.69, 9.17) is 0 Å². The Morgan fingerprint density at radius 3 is 2.79 bits per heavy atom.